The third-order valence-electron chi connectivity index (χ3n) is 2.16. The smallest absolute Gasteiger partial charge is 0.196 e. The first-order valence-electron chi connectivity index (χ1n) is 4.06. The van der Waals surface area contributed by atoms with Crippen molar-refractivity contribution in [1.82, 2.24) is 0 Å². The van der Waals surface area contributed by atoms with Gasteiger partial charge in [0.2, 0.25) is 0 Å². The summed E-state index contributed by atoms with van der Waals surface area (Å²) < 4.78 is 6.23. The molecule has 0 radical (unpaired) electrons. The minimum Gasteiger partial charge on any atom is -0.361 e. The molecule has 1 heterocycles. The fraction of sp³-hybridized carbons (Fsp3) is 0.300. The van der Waals surface area contributed by atoms with Crippen LogP contribution < -0.4 is 0 Å². The van der Waals surface area contributed by atoms with Gasteiger partial charge < -0.3 is 4.74 Å². The lowest BCUT2D eigenvalue weighted by molar-refractivity contribution is 0.0888. The van der Waals surface area contributed by atoms with Crippen LogP contribution in [-0.2, 0) is 4.74 Å². The zero-order valence-electron chi connectivity index (χ0n) is 7.21. The van der Waals surface area contributed by atoms with Crippen molar-refractivity contribution < 1.29 is 9.53 Å². The van der Waals surface area contributed by atoms with Gasteiger partial charge in [-0.3, -0.25) is 4.79 Å². The van der Waals surface area contributed by atoms with Crippen LogP contribution in [-0.4, -0.2) is 18.0 Å². The first-order valence-corrected chi connectivity index (χ1v) is 5.14. The Bertz CT molecular complexity index is 338. The molecule has 0 N–H and O–H groups in total. The molecule has 0 aromatic heterocycles. The van der Waals surface area contributed by atoms with Crippen molar-refractivity contribution >= 4 is 28.4 Å². The van der Waals surface area contributed by atoms with Crippen LogP contribution in [0.5, 0.6) is 0 Å². The summed E-state index contributed by atoms with van der Waals surface area (Å²) in [5.74, 6) is 0.0869. The van der Waals surface area contributed by atoms with Gasteiger partial charge in [-0.1, -0.05) is 12.1 Å². The molecule has 1 aliphatic heterocycles. The van der Waals surface area contributed by atoms with Gasteiger partial charge in [0.1, 0.15) is 0 Å². The summed E-state index contributed by atoms with van der Waals surface area (Å²) in [6, 6.07) is 7.55. The molecular formula is C10H9IO2. The molecule has 1 unspecified atom stereocenters. The Morgan fingerprint density at radius 1 is 1.46 bits per heavy atom. The first kappa shape index (κ1) is 9.15. The van der Waals surface area contributed by atoms with Crippen molar-refractivity contribution in [3.05, 3.63) is 33.4 Å². The third-order valence-corrected chi connectivity index (χ3v) is 2.88. The van der Waals surface area contributed by atoms with Crippen molar-refractivity contribution in [2.45, 2.75) is 12.5 Å². The topological polar surface area (TPSA) is 29.6 Å². The van der Waals surface area contributed by atoms with E-state index in [2.05, 4.69) is 22.6 Å². The highest BCUT2D eigenvalue weighted by molar-refractivity contribution is 14.1. The summed E-state index contributed by atoms with van der Waals surface area (Å²) in [5.41, 5.74) is 0.202. The Morgan fingerprint density at radius 2 is 2.00 bits per heavy atom. The van der Waals surface area contributed by atoms with E-state index in [1.165, 1.54) is 0 Å². The predicted octanol–water partition coefficient (Wildman–Crippen LogP) is 2.26. The van der Waals surface area contributed by atoms with E-state index < -0.39 is 5.60 Å². The van der Waals surface area contributed by atoms with Crippen LogP contribution in [0.15, 0.2) is 24.3 Å². The number of hydrogen-bond donors (Lipinski definition) is 0. The van der Waals surface area contributed by atoms with Crippen LogP contribution in [0.4, 0.5) is 0 Å². The largest absolute Gasteiger partial charge is 0.361 e. The van der Waals surface area contributed by atoms with Gasteiger partial charge in [0.15, 0.2) is 11.4 Å². The summed E-state index contributed by atoms with van der Waals surface area (Å²) >= 11 is 2.21. The SMILES string of the molecule is CC1(C(=O)c2ccc(I)cc2)CO1. The monoisotopic (exact) mass is 288 g/mol. The molecule has 1 fully saturated rings. The molecule has 1 aromatic carbocycles. The van der Waals surface area contributed by atoms with Gasteiger partial charge in [0.05, 0.1) is 6.61 Å². The van der Waals surface area contributed by atoms with Crippen LogP contribution in [0.25, 0.3) is 0 Å². The number of hydrogen-bond acceptors (Lipinski definition) is 2. The van der Waals surface area contributed by atoms with E-state index in [-0.39, 0.29) is 5.78 Å². The second-order valence-electron chi connectivity index (χ2n) is 3.36. The zero-order chi connectivity index (χ0) is 9.47. The predicted molar refractivity (Wildman–Crippen MR) is 57.8 cm³/mol. The second kappa shape index (κ2) is 3.06. The standard InChI is InChI=1S/C10H9IO2/c1-10(6-13-10)9(12)7-2-4-8(11)5-3-7/h2-5H,6H2,1H3. The van der Waals surface area contributed by atoms with Crippen molar-refractivity contribution in [2.24, 2.45) is 0 Å². The number of ether oxygens (including phenoxy) is 1. The fourth-order valence-corrected chi connectivity index (χ4v) is 1.51. The molecule has 0 bridgehead atoms. The maximum absolute atomic E-state index is 11.7. The third kappa shape index (κ3) is 1.76. The zero-order valence-corrected chi connectivity index (χ0v) is 9.37. The molecule has 2 rings (SSSR count). The molecule has 0 aliphatic carbocycles. The van der Waals surface area contributed by atoms with E-state index >= 15 is 0 Å². The van der Waals surface area contributed by atoms with Gasteiger partial charge in [0, 0.05) is 9.13 Å². The molecular weight excluding hydrogens is 279 g/mol. The van der Waals surface area contributed by atoms with Crippen LogP contribution in [0.2, 0.25) is 0 Å². The molecule has 1 aromatic rings. The van der Waals surface area contributed by atoms with E-state index in [9.17, 15) is 4.79 Å². The van der Waals surface area contributed by atoms with Crippen molar-refractivity contribution in [1.29, 1.82) is 0 Å². The first-order chi connectivity index (χ1) is 6.12. The number of Topliss-reactive ketones (excluding diaryl/α,β-unsaturated/α-hetero) is 1. The minimum atomic E-state index is -0.535. The lowest BCUT2D eigenvalue weighted by Crippen LogP contribution is -2.20. The molecule has 13 heavy (non-hydrogen) atoms. The number of ketones is 1. The van der Waals surface area contributed by atoms with Gasteiger partial charge in [-0.25, -0.2) is 0 Å². The second-order valence-corrected chi connectivity index (χ2v) is 4.60. The van der Waals surface area contributed by atoms with E-state index in [0.29, 0.717) is 6.61 Å². The van der Waals surface area contributed by atoms with Gasteiger partial charge in [-0.05, 0) is 41.6 Å². The Balaban J connectivity index is 2.26. The normalized spacial score (nSPS) is 25.7. The van der Waals surface area contributed by atoms with Crippen LogP contribution >= 0.6 is 22.6 Å². The molecule has 2 nitrogen and oxygen atoms in total. The number of carbonyl (C=O) groups is 1. The summed E-state index contributed by atoms with van der Waals surface area (Å²) in [5, 5.41) is 0. The average molecular weight is 288 g/mol. The van der Waals surface area contributed by atoms with Crippen LogP contribution in [0.3, 0.4) is 0 Å². The summed E-state index contributed by atoms with van der Waals surface area (Å²) in [4.78, 5) is 11.7. The quantitative estimate of drug-likeness (QED) is 0.474. The maximum atomic E-state index is 11.7. The highest BCUT2D eigenvalue weighted by Gasteiger charge is 2.47. The van der Waals surface area contributed by atoms with E-state index in [0.717, 1.165) is 9.13 Å². The van der Waals surface area contributed by atoms with Crippen LogP contribution in [0, 0.1) is 3.57 Å². The van der Waals surface area contributed by atoms with Gasteiger partial charge >= 0.3 is 0 Å². The Morgan fingerprint density at radius 3 is 2.46 bits per heavy atom. The van der Waals surface area contributed by atoms with E-state index in [1.807, 2.05) is 31.2 Å². The minimum absolute atomic E-state index is 0.0869. The summed E-state index contributed by atoms with van der Waals surface area (Å²) in [6.07, 6.45) is 0. The number of rotatable bonds is 2. The Labute approximate surface area is 90.4 Å². The summed E-state index contributed by atoms with van der Waals surface area (Å²) in [6.45, 7) is 2.38. The molecule has 1 saturated heterocycles. The molecule has 0 amide bonds. The lowest BCUT2D eigenvalue weighted by Gasteiger charge is -2.03. The molecule has 68 valence electrons. The highest BCUT2D eigenvalue weighted by Crippen LogP contribution is 2.30. The molecule has 0 saturated carbocycles. The Hall–Kier alpha value is -0.420. The van der Waals surface area contributed by atoms with E-state index in [4.69, 9.17) is 4.74 Å². The summed E-state index contributed by atoms with van der Waals surface area (Å²) in [7, 11) is 0. The number of halogens is 1. The van der Waals surface area contributed by atoms with Crippen molar-refractivity contribution in [3.8, 4) is 0 Å². The van der Waals surface area contributed by atoms with Gasteiger partial charge in [0.25, 0.3) is 0 Å². The lowest BCUT2D eigenvalue weighted by atomic mass is 10.0. The van der Waals surface area contributed by atoms with Crippen LogP contribution in [0.1, 0.15) is 17.3 Å². The fourth-order valence-electron chi connectivity index (χ4n) is 1.15. The van der Waals surface area contributed by atoms with Crippen molar-refractivity contribution in [2.75, 3.05) is 6.61 Å². The number of benzene rings is 1. The number of epoxide rings is 1. The van der Waals surface area contributed by atoms with Gasteiger partial charge in [-0.15, -0.1) is 0 Å². The molecule has 1 aliphatic rings. The van der Waals surface area contributed by atoms with E-state index in [1.54, 1.807) is 0 Å². The average Bonchev–Trinajstić information content (AvgIpc) is 2.85. The van der Waals surface area contributed by atoms with Crippen molar-refractivity contribution in [3.63, 3.8) is 0 Å². The van der Waals surface area contributed by atoms with Gasteiger partial charge in [-0.2, -0.15) is 0 Å². The molecule has 1 atom stereocenters. The Kier molecular flexibility index (Phi) is 2.15. The molecule has 3 heteroatoms. The highest BCUT2D eigenvalue weighted by atomic mass is 127. The maximum Gasteiger partial charge on any atom is 0.196 e. The molecule has 0 spiro atoms. The number of carbonyl (C=O) groups excluding carboxylic acids is 1.